The number of benzene rings is 2. The number of amides is 1. The Labute approximate surface area is 145 Å². The van der Waals surface area contributed by atoms with E-state index >= 15 is 0 Å². The van der Waals surface area contributed by atoms with Crippen LogP contribution < -0.4 is 10.6 Å². The van der Waals surface area contributed by atoms with Crippen LogP contribution in [0.1, 0.15) is 23.2 Å². The van der Waals surface area contributed by atoms with E-state index in [1.165, 1.54) is 24.3 Å². The van der Waals surface area contributed by atoms with Gasteiger partial charge < -0.3 is 10.6 Å². The smallest absolute Gasteiger partial charge is 0.254 e. The van der Waals surface area contributed by atoms with E-state index in [9.17, 15) is 13.6 Å². The SMILES string of the molecule is Cl.O=C(NC1CCCNC1)c1ccc(-c2ccc(F)cc2)cc1F. The van der Waals surface area contributed by atoms with Gasteiger partial charge in [0.2, 0.25) is 0 Å². The van der Waals surface area contributed by atoms with E-state index in [-0.39, 0.29) is 29.8 Å². The average Bonchev–Trinajstić information content (AvgIpc) is 2.56. The molecule has 1 aliphatic heterocycles. The van der Waals surface area contributed by atoms with E-state index in [1.807, 2.05) is 0 Å². The number of piperidine rings is 1. The van der Waals surface area contributed by atoms with Crippen LogP contribution in [0.15, 0.2) is 42.5 Å². The molecule has 0 saturated carbocycles. The molecule has 24 heavy (non-hydrogen) atoms. The van der Waals surface area contributed by atoms with Crippen molar-refractivity contribution < 1.29 is 13.6 Å². The molecule has 1 fully saturated rings. The molecule has 3 nitrogen and oxygen atoms in total. The highest BCUT2D eigenvalue weighted by Gasteiger charge is 2.18. The predicted octanol–water partition coefficient (Wildman–Crippen LogP) is 3.54. The van der Waals surface area contributed by atoms with Crippen molar-refractivity contribution in [2.45, 2.75) is 18.9 Å². The summed E-state index contributed by atoms with van der Waals surface area (Å²) >= 11 is 0. The highest BCUT2D eigenvalue weighted by molar-refractivity contribution is 5.95. The molecule has 1 aliphatic rings. The first kappa shape index (κ1) is 18.4. The van der Waals surface area contributed by atoms with Gasteiger partial charge in [0.15, 0.2) is 0 Å². The van der Waals surface area contributed by atoms with E-state index in [1.54, 1.807) is 18.2 Å². The van der Waals surface area contributed by atoms with Gasteiger partial charge in [-0.2, -0.15) is 0 Å². The van der Waals surface area contributed by atoms with Crippen molar-refractivity contribution in [2.24, 2.45) is 0 Å². The Morgan fingerprint density at radius 3 is 2.42 bits per heavy atom. The van der Waals surface area contributed by atoms with Crippen molar-refractivity contribution in [3.05, 3.63) is 59.7 Å². The van der Waals surface area contributed by atoms with Crippen molar-refractivity contribution in [2.75, 3.05) is 13.1 Å². The number of halogens is 3. The molecule has 1 atom stereocenters. The summed E-state index contributed by atoms with van der Waals surface area (Å²) in [4.78, 5) is 12.2. The molecular weight excluding hydrogens is 334 g/mol. The Hall–Kier alpha value is -1.98. The maximum atomic E-state index is 14.3. The van der Waals surface area contributed by atoms with Gasteiger partial charge in [0, 0.05) is 12.6 Å². The lowest BCUT2D eigenvalue weighted by Gasteiger charge is -2.23. The maximum Gasteiger partial charge on any atom is 0.254 e. The van der Waals surface area contributed by atoms with Gasteiger partial charge in [-0.15, -0.1) is 12.4 Å². The van der Waals surface area contributed by atoms with E-state index in [4.69, 9.17) is 0 Å². The summed E-state index contributed by atoms with van der Waals surface area (Å²) in [5.74, 6) is -1.32. The fraction of sp³-hybridized carbons (Fsp3) is 0.278. The second kappa shape index (κ2) is 8.22. The first-order valence-corrected chi connectivity index (χ1v) is 7.70. The summed E-state index contributed by atoms with van der Waals surface area (Å²) in [6.07, 6.45) is 1.89. The first-order valence-electron chi connectivity index (χ1n) is 7.70. The zero-order valence-electron chi connectivity index (χ0n) is 13.0. The fourth-order valence-corrected chi connectivity index (χ4v) is 2.76. The molecule has 2 N–H and O–H groups in total. The van der Waals surface area contributed by atoms with E-state index < -0.39 is 11.7 Å². The molecule has 6 heteroatoms. The topological polar surface area (TPSA) is 41.1 Å². The molecule has 0 radical (unpaired) electrons. The molecule has 2 aromatic rings. The third-order valence-electron chi connectivity index (χ3n) is 4.02. The average molecular weight is 353 g/mol. The molecule has 1 saturated heterocycles. The second-order valence-corrected chi connectivity index (χ2v) is 5.72. The molecule has 0 bridgehead atoms. The second-order valence-electron chi connectivity index (χ2n) is 5.72. The summed E-state index contributed by atoms with van der Waals surface area (Å²) in [5, 5.41) is 6.05. The van der Waals surface area contributed by atoms with Crippen molar-refractivity contribution in [3.63, 3.8) is 0 Å². The normalized spacial score (nSPS) is 17.0. The summed E-state index contributed by atoms with van der Waals surface area (Å²) in [7, 11) is 0. The fourth-order valence-electron chi connectivity index (χ4n) is 2.76. The molecule has 1 unspecified atom stereocenters. The Bertz CT molecular complexity index is 701. The Morgan fingerprint density at radius 1 is 1.08 bits per heavy atom. The minimum atomic E-state index is -0.576. The zero-order chi connectivity index (χ0) is 16.2. The molecular formula is C18H19ClF2N2O. The third-order valence-corrected chi connectivity index (χ3v) is 4.02. The highest BCUT2D eigenvalue weighted by atomic mass is 35.5. The Kier molecular flexibility index (Phi) is 6.29. The van der Waals surface area contributed by atoms with E-state index in [0.29, 0.717) is 17.7 Å². The van der Waals surface area contributed by atoms with E-state index in [2.05, 4.69) is 10.6 Å². The quantitative estimate of drug-likeness (QED) is 0.887. The number of hydrogen-bond acceptors (Lipinski definition) is 2. The van der Waals surface area contributed by atoms with Crippen molar-refractivity contribution in [3.8, 4) is 11.1 Å². The van der Waals surface area contributed by atoms with Gasteiger partial charge in [0.05, 0.1) is 5.56 Å². The summed E-state index contributed by atoms with van der Waals surface area (Å²) in [5.41, 5.74) is 1.34. The summed E-state index contributed by atoms with van der Waals surface area (Å²) in [6, 6.07) is 10.3. The molecule has 1 heterocycles. The predicted molar refractivity (Wildman–Crippen MR) is 92.4 cm³/mol. The van der Waals surface area contributed by atoms with Gasteiger partial charge in [0.1, 0.15) is 11.6 Å². The minimum Gasteiger partial charge on any atom is -0.348 e. The van der Waals surface area contributed by atoms with Crippen LogP contribution >= 0.6 is 12.4 Å². The van der Waals surface area contributed by atoms with Crippen LogP contribution in [0, 0.1) is 11.6 Å². The van der Waals surface area contributed by atoms with Crippen LogP contribution in [0.2, 0.25) is 0 Å². The number of rotatable bonds is 3. The van der Waals surface area contributed by atoms with Gasteiger partial charge >= 0.3 is 0 Å². The molecule has 2 aromatic carbocycles. The minimum absolute atomic E-state index is 0. The lowest BCUT2D eigenvalue weighted by atomic mass is 10.0. The van der Waals surface area contributed by atoms with Gasteiger partial charge in [-0.25, -0.2) is 8.78 Å². The van der Waals surface area contributed by atoms with Gasteiger partial charge in [-0.05, 0) is 54.8 Å². The number of hydrogen-bond donors (Lipinski definition) is 2. The molecule has 3 rings (SSSR count). The van der Waals surface area contributed by atoms with Crippen molar-refractivity contribution >= 4 is 18.3 Å². The monoisotopic (exact) mass is 352 g/mol. The molecule has 0 aromatic heterocycles. The van der Waals surface area contributed by atoms with Crippen LogP contribution in [-0.4, -0.2) is 25.0 Å². The Morgan fingerprint density at radius 2 is 1.79 bits per heavy atom. The van der Waals surface area contributed by atoms with Crippen LogP contribution in [0.4, 0.5) is 8.78 Å². The van der Waals surface area contributed by atoms with Crippen LogP contribution in [0.25, 0.3) is 11.1 Å². The highest BCUT2D eigenvalue weighted by Crippen LogP contribution is 2.22. The molecule has 0 spiro atoms. The van der Waals surface area contributed by atoms with Gasteiger partial charge in [-0.1, -0.05) is 18.2 Å². The molecule has 0 aliphatic carbocycles. The molecule has 1 amide bonds. The van der Waals surface area contributed by atoms with Crippen molar-refractivity contribution in [1.82, 2.24) is 10.6 Å². The van der Waals surface area contributed by atoms with Crippen molar-refractivity contribution in [1.29, 1.82) is 0 Å². The third kappa shape index (κ3) is 4.30. The first-order chi connectivity index (χ1) is 11.1. The van der Waals surface area contributed by atoms with Gasteiger partial charge in [0.25, 0.3) is 5.91 Å². The summed E-state index contributed by atoms with van der Waals surface area (Å²) in [6.45, 7) is 1.66. The lowest BCUT2D eigenvalue weighted by molar-refractivity contribution is 0.0926. The van der Waals surface area contributed by atoms with Crippen LogP contribution in [0.3, 0.4) is 0 Å². The number of carbonyl (C=O) groups is 1. The number of nitrogens with one attached hydrogen (secondary N) is 2. The zero-order valence-corrected chi connectivity index (χ0v) is 13.8. The number of carbonyl (C=O) groups excluding carboxylic acids is 1. The standard InChI is InChI=1S/C18H18F2N2O.ClH/c19-14-6-3-12(4-7-14)13-5-8-16(17(20)10-13)18(23)22-15-2-1-9-21-11-15;/h3-8,10,15,21H,1-2,9,11H2,(H,22,23);1H. The van der Waals surface area contributed by atoms with E-state index in [0.717, 1.165) is 19.4 Å². The van der Waals surface area contributed by atoms with Crippen LogP contribution in [-0.2, 0) is 0 Å². The largest absolute Gasteiger partial charge is 0.348 e. The lowest BCUT2D eigenvalue weighted by Crippen LogP contribution is -2.45. The Balaban J connectivity index is 0.00000208. The maximum absolute atomic E-state index is 14.3. The molecule has 128 valence electrons. The van der Waals surface area contributed by atoms with Gasteiger partial charge in [-0.3, -0.25) is 4.79 Å². The summed E-state index contributed by atoms with van der Waals surface area (Å²) < 4.78 is 27.2. The van der Waals surface area contributed by atoms with Crippen LogP contribution in [0.5, 0.6) is 0 Å².